The number of hydrogen-bond acceptors (Lipinski definition) is 3. The average molecular weight is 377 g/mol. The number of rotatable bonds is 2. The Kier molecular flexibility index (Phi) is 4.33. The SMILES string of the molecule is Cc1cc([N+](=O)[O-])c2c(c1C)[C@@H]1C=CC[C@H]1[C@H](c1ccc(C(C)(C)C)cc1)N2. The molecule has 1 heterocycles. The van der Waals surface area contributed by atoms with Crippen molar-refractivity contribution in [1.82, 2.24) is 0 Å². The minimum atomic E-state index is -0.253. The third kappa shape index (κ3) is 2.92. The van der Waals surface area contributed by atoms with Crippen molar-refractivity contribution >= 4 is 11.4 Å². The molecule has 0 aromatic heterocycles. The highest BCUT2D eigenvalue weighted by atomic mass is 16.6. The van der Waals surface area contributed by atoms with Crippen LogP contribution >= 0.6 is 0 Å². The molecule has 4 nitrogen and oxygen atoms in total. The Morgan fingerprint density at radius 3 is 2.43 bits per heavy atom. The van der Waals surface area contributed by atoms with Crippen LogP contribution in [0.5, 0.6) is 0 Å². The summed E-state index contributed by atoms with van der Waals surface area (Å²) in [5.41, 5.74) is 6.74. The first-order chi connectivity index (χ1) is 13.2. The van der Waals surface area contributed by atoms with Gasteiger partial charge < -0.3 is 5.32 Å². The predicted molar refractivity (Wildman–Crippen MR) is 114 cm³/mol. The van der Waals surface area contributed by atoms with Gasteiger partial charge >= 0.3 is 0 Å². The molecule has 1 N–H and O–H groups in total. The van der Waals surface area contributed by atoms with Gasteiger partial charge in [0.1, 0.15) is 5.69 Å². The van der Waals surface area contributed by atoms with Crippen LogP contribution in [0.25, 0.3) is 0 Å². The number of benzene rings is 2. The van der Waals surface area contributed by atoms with E-state index < -0.39 is 0 Å². The summed E-state index contributed by atoms with van der Waals surface area (Å²) in [5.74, 6) is 0.607. The van der Waals surface area contributed by atoms with Gasteiger partial charge in [0.2, 0.25) is 0 Å². The molecule has 0 fully saturated rings. The Morgan fingerprint density at radius 1 is 1.14 bits per heavy atom. The first-order valence-corrected chi connectivity index (χ1v) is 10.0. The van der Waals surface area contributed by atoms with Crippen LogP contribution in [0.2, 0.25) is 0 Å². The molecule has 2 aliphatic rings. The van der Waals surface area contributed by atoms with Gasteiger partial charge in [-0.05, 0) is 59.4 Å². The van der Waals surface area contributed by atoms with Crippen molar-refractivity contribution in [2.75, 3.05) is 5.32 Å². The van der Waals surface area contributed by atoms with Crippen molar-refractivity contribution in [1.29, 1.82) is 0 Å². The van der Waals surface area contributed by atoms with Gasteiger partial charge in [-0.25, -0.2) is 0 Å². The molecule has 28 heavy (non-hydrogen) atoms. The number of nitro groups is 1. The molecular formula is C24H28N2O2. The highest BCUT2D eigenvalue weighted by molar-refractivity contribution is 5.74. The van der Waals surface area contributed by atoms with Crippen LogP contribution in [0.1, 0.15) is 67.0 Å². The molecule has 146 valence electrons. The number of nitro benzene ring substituents is 1. The Labute approximate surface area is 166 Å². The van der Waals surface area contributed by atoms with Gasteiger partial charge in [-0.3, -0.25) is 10.1 Å². The van der Waals surface area contributed by atoms with Gasteiger partial charge in [-0.1, -0.05) is 57.2 Å². The summed E-state index contributed by atoms with van der Waals surface area (Å²) in [7, 11) is 0. The quantitative estimate of drug-likeness (QED) is 0.378. The van der Waals surface area contributed by atoms with E-state index in [1.165, 1.54) is 11.1 Å². The average Bonchev–Trinajstić information content (AvgIpc) is 3.12. The lowest BCUT2D eigenvalue weighted by atomic mass is 9.74. The summed E-state index contributed by atoms with van der Waals surface area (Å²) in [6.07, 6.45) is 5.47. The number of nitrogens with zero attached hydrogens (tertiary/aromatic N) is 1. The van der Waals surface area contributed by atoms with Crippen molar-refractivity contribution in [3.05, 3.63) is 80.4 Å². The predicted octanol–water partition coefficient (Wildman–Crippen LogP) is 6.34. The molecule has 3 atom stereocenters. The smallest absolute Gasteiger partial charge is 0.292 e. The van der Waals surface area contributed by atoms with Gasteiger partial charge in [0.15, 0.2) is 0 Å². The molecule has 4 rings (SSSR count). The van der Waals surface area contributed by atoms with E-state index in [9.17, 15) is 10.1 Å². The fraction of sp³-hybridized carbons (Fsp3) is 0.417. The molecule has 2 aromatic rings. The molecule has 2 aromatic carbocycles. The molecule has 0 amide bonds. The Bertz CT molecular complexity index is 968. The molecule has 1 aliphatic carbocycles. The molecule has 0 unspecified atom stereocenters. The monoisotopic (exact) mass is 376 g/mol. The fourth-order valence-electron chi connectivity index (χ4n) is 4.74. The normalized spacial score (nSPS) is 23.1. The van der Waals surface area contributed by atoms with Crippen LogP contribution in [0.4, 0.5) is 11.4 Å². The second-order valence-corrected chi connectivity index (χ2v) is 9.23. The lowest BCUT2D eigenvalue weighted by molar-refractivity contribution is -0.384. The Balaban J connectivity index is 1.82. The number of allylic oxidation sites excluding steroid dienone is 2. The van der Waals surface area contributed by atoms with E-state index in [0.29, 0.717) is 11.6 Å². The molecule has 4 heteroatoms. The molecule has 1 aliphatic heterocycles. The maximum Gasteiger partial charge on any atom is 0.292 e. The number of hydrogen-bond donors (Lipinski definition) is 1. The number of aryl methyl sites for hydroxylation is 1. The fourth-order valence-corrected chi connectivity index (χ4v) is 4.74. The van der Waals surface area contributed by atoms with Crippen molar-refractivity contribution < 1.29 is 4.92 Å². The molecule has 0 saturated heterocycles. The Morgan fingerprint density at radius 2 is 1.82 bits per heavy atom. The minimum Gasteiger partial charge on any atom is -0.372 e. The lowest BCUT2D eigenvalue weighted by Crippen LogP contribution is -2.30. The van der Waals surface area contributed by atoms with E-state index in [-0.39, 0.29) is 28.0 Å². The van der Waals surface area contributed by atoms with Crippen LogP contribution in [-0.2, 0) is 5.41 Å². The summed E-state index contributed by atoms with van der Waals surface area (Å²) in [4.78, 5) is 11.5. The maximum atomic E-state index is 11.8. The molecule has 0 saturated carbocycles. The van der Waals surface area contributed by atoms with E-state index >= 15 is 0 Å². The topological polar surface area (TPSA) is 55.2 Å². The van der Waals surface area contributed by atoms with Gasteiger partial charge in [0.05, 0.1) is 11.0 Å². The van der Waals surface area contributed by atoms with Gasteiger partial charge in [0, 0.05) is 12.0 Å². The molecular weight excluding hydrogens is 348 g/mol. The van der Waals surface area contributed by atoms with E-state index in [2.05, 4.69) is 69.4 Å². The third-order valence-corrected chi connectivity index (χ3v) is 6.48. The van der Waals surface area contributed by atoms with Crippen LogP contribution in [0.15, 0.2) is 42.5 Å². The highest BCUT2D eigenvalue weighted by Crippen LogP contribution is 2.53. The third-order valence-electron chi connectivity index (χ3n) is 6.48. The second kappa shape index (κ2) is 6.47. The van der Waals surface area contributed by atoms with Crippen LogP contribution in [0, 0.1) is 29.9 Å². The van der Waals surface area contributed by atoms with Crippen molar-refractivity contribution in [2.45, 2.75) is 58.4 Å². The number of fused-ring (bicyclic) bond motifs is 3. The van der Waals surface area contributed by atoms with Crippen LogP contribution in [0.3, 0.4) is 0 Å². The standard InChI is InChI=1S/C24H28N2O2/c1-14-13-20(26(27)28)23-21(15(14)2)18-7-6-8-19(18)22(25-23)16-9-11-17(12-10-16)24(3,4)5/h6-7,9-13,18-19,22,25H,8H2,1-5H3/t18-,19-,22+/m1/s1. The number of anilines is 1. The van der Waals surface area contributed by atoms with Gasteiger partial charge in [-0.2, -0.15) is 0 Å². The van der Waals surface area contributed by atoms with Crippen molar-refractivity contribution in [3.8, 4) is 0 Å². The summed E-state index contributed by atoms with van der Waals surface area (Å²) in [6.45, 7) is 10.7. The zero-order valence-electron chi connectivity index (χ0n) is 17.2. The molecule has 0 radical (unpaired) electrons. The number of nitrogens with one attached hydrogen (secondary N) is 1. The van der Waals surface area contributed by atoms with Crippen molar-refractivity contribution in [2.24, 2.45) is 5.92 Å². The Hall–Kier alpha value is -2.62. The first-order valence-electron chi connectivity index (χ1n) is 10.0. The zero-order chi connectivity index (χ0) is 20.2. The second-order valence-electron chi connectivity index (χ2n) is 9.23. The maximum absolute atomic E-state index is 11.8. The molecule has 0 bridgehead atoms. The van der Waals surface area contributed by atoms with Crippen LogP contribution in [-0.4, -0.2) is 4.92 Å². The lowest BCUT2D eigenvalue weighted by Gasteiger charge is -2.38. The minimum absolute atomic E-state index is 0.0716. The first kappa shape index (κ1) is 18.7. The molecule has 0 spiro atoms. The van der Waals surface area contributed by atoms with Gasteiger partial charge in [-0.15, -0.1) is 0 Å². The summed E-state index contributed by atoms with van der Waals surface area (Å²) < 4.78 is 0. The van der Waals surface area contributed by atoms with E-state index in [4.69, 9.17) is 0 Å². The van der Waals surface area contributed by atoms with Gasteiger partial charge in [0.25, 0.3) is 5.69 Å². The largest absolute Gasteiger partial charge is 0.372 e. The van der Waals surface area contributed by atoms with E-state index in [1.54, 1.807) is 6.07 Å². The zero-order valence-corrected chi connectivity index (χ0v) is 17.2. The van der Waals surface area contributed by atoms with Crippen LogP contribution < -0.4 is 5.32 Å². The van der Waals surface area contributed by atoms with Crippen molar-refractivity contribution in [3.63, 3.8) is 0 Å². The highest BCUT2D eigenvalue weighted by Gasteiger charge is 2.41. The summed E-state index contributed by atoms with van der Waals surface area (Å²) >= 11 is 0. The summed E-state index contributed by atoms with van der Waals surface area (Å²) in [6, 6.07) is 10.5. The summed E-state index contributed by atoms with van der Waals surface area (Å²) in [5, 5.41) is 15.4. The van der Waals surface area contributed by atoms with E-state index in [1.807, 2.05) is 6.92 Å². The van der Waals surface area contributed by atoms with E-state index in [0.717, 1.165) is 23.1 Å².